The van der Waals surface area contributed by atoms with E-state index in [-0.39, 0.29) is 22.7 Å². The van der Waals surface area contributed by atoms with E-state index in [1.807, 2.05) is 0 Å². The van der Waals surface area contributed by atoms with Gasteiger partial charge in [0, 0.05) is 30.8 Å². The molecule has 0 aliphatic heterocycles. The maximum absolute atomic E-state index is 12.7. The Labute approximate surface area is 166 Å². The average molecular weight is 406 g/mol. The van der Waals surface area contributed by atoms with Gasteiger partial charge in [-0.2, -0.15) is 8.78 Å². The van der Waals surface area contributed by atoms with Crippen molar-refractivity contribution >= 4 is 17.7 Å². The Bertz CT molecular complexity index is 917. The molecular formula is C20H20F2N2O5. The number of hydrogen-bond donors (Lipinski definition) is 0. The molecule has 0 aliphatic carbocycles. The van der Waals surface area contributed by atoms with Crippen LogP contribution in [0.4, 0.5) is 14.5 Å². The second kappa shape index (κ2) is 9.63. The quantitative estimate of drug-likeness (QED) is 0.368. The van der Waals surface area contributed by atoms with Gasteiger partial charge in [0.1, 0.15) is 0 Å². The second-order valence-corrected chi connectivity index (χ2v) is 6.07. The van der Waals surface area contributed by atoms with Crippen molar-refractivity contribution in [2.24, 2.45) is 0 Å². The van der Waals surface area contributed by atoms with E-state index in [1.165, 1.54) is 55.5 Å². The van der Waals surface area contributed by atoms with E-state index in [0.717, 1.165) is 0 Å². The third kappa shape index (κ3) is 5.50. The molecule has 1 atom stereocenters. The number of rotatable bonds is 8. The standard InChI is InChI=1S/C20H20F2N2O5/c1-13(15-7-4-8-16(12-15)24(26)27)23(2)18(25)11-10-14-6-5-9-17(28-3)19(14)29-20(21)22/h4-13,20H,1-3H3/b11-10+/t13-/m0/s1. The van der Waals surface area contributed by atoms with Gasteiger partial charge in [-0.1, -0.05) is 24.3 Å². The van der Waals surface area contributed by atoms with Crippen molar-refractivity contribution < 1.29 is 28.0 Å². The van der Waals surface area contributed by atoms with Gasteiger partial charge in [0.05, 0.1) is 18.1 Å². The highest BCUT2D eigenvalue weighted by molar-refractivity contribution is 5.92. The van der Waals surface area contributed by atoms with Crippen molar-refractivity contribution in [1.82, 2.24) is 4.90 Å². The van der Waals surface area contributed by atoms with Crippen molar-refractivity contribution in [2.45, 2.75) is 19.6 Å². The number of methoxy groups -OCH3 is 1. The van der Waals surface area contributed by atoms with Crippen LogP contribution in [0.25, 0.3) is 6.08 Å². The first kappa shape index (κ1) is 21.8. The van der Waals surface area contributed by atoms with Gasteiger partial charge in [-0.05, 0) is 24.6 Å². The highest BCUT2D eigenvalue weighted by Gasteiger charge is 2.19. The minimum absolute atomic E-state index is 0.0732. The monoisotopic (exact) mass is 406 g/mol. The van der Waals surface area contributed by atoms with Crippen LogP contribution >= 0.6 is 0 Å². The fourth-order valence-corrected chi connectivity index (χ4v) is 2.63. The van der Waals surface area contributed by atoms with Gasteiger partial charge in [-0.25, -0.2) is 0 Å². The van der Waals surface area contributed by atoms with E-state index in [4.69, 9.17) is 4.74 Å². The van der Waals surface area contributed by atoms with Crippen LogP contribution in [0.1, 0.15) is 24.1 Å². The van der Waals surface area contributed by atoms with Gasteiger partial charge >= 0.3 is 6.61 Å². The Kier molecular flexibility index (Phi) is 7.24. The molecule has 9 heteroatoms. The third-order valence-electron chi connectivity index (χ3n) is 4.33. The van der Waals surface area contributed by atoms with Crippen LogP contribution in [-0.2, 0) is 4.79 Å². The number of carbonyl (C=O) groups is 1. The zero-order chi connectivity index (χ0) is 21.6. The number of hydrogen-bond acceptors (Lipinski definition) is 5. The summed E-state index contributed by atoms with van der Waals surface area (Å²) in [4.78, 5) is 24.3. The van der Waals surface area contributed by atoms with E-state index in [2.05, 4.69) is 4.74 Å². The first-order valence-corrected chi connectivity index (χ1v) is 8.55. The minimum Gasteiger partial charge on any atom is -0.493 e. The third-order valence-corrected chi connectivity index (χ3v) is 4.33. The molecule has 1 amide bonds. The summed E-state index contributed by atoms with van der Waals surface area (Å²) in [5.41, 5.74) is 0.761. The molecule has 2 aromatic rings. The number of non-ortho nitro benzene ring substituents is 1. The van der Waals surface area contributed by atoms with Crippen LogP contribution < -0.4 is 9.47 Å². The van der Waals surface area contributed by atoms with Gasteiger partial charge in [0.25, 0.3) is 5.69 Å². The molecule has 0 saturated carbocycles. The normalized spacial score (nSPS) is 12.1. The number of likely N-dealkylation sites (N-methyl/N-ethyl adjacent to an activating group) is 1. The van der Waals surface area contributed by atoms with Crippen LogP contribution in [0.15, 0.2) is 48.5 Å². The first-order valence-electron chi connectivity index (χ1n) is 8.55. The highest BCUT2D eigenvalue weighted by Crippen LogP contribution is 2.33. The number of carbonyl (C=O) groups excluding carboxylic acids is 1. The van der Waals surface area contributed by atoms with Crippen molar-refractivity contribution in [2.75, 3.05) is 14.2 Å². The molecule has 0 unspecified atom stereocenters. The molecule has 0 heterocycles. The fraction of sp³-hybridized carbons (Fsp3) is 0.250. The predicted molar refractivity (Wildman–Crippen MR) is 103 cm³/mol. The number of nitro benzene ring substituents is 1. The van der Waals surface area contributed by atoms with Gasteiger partial charge < -0.3 is 14.4 Å². The second-order valence-electron chi connectivity index (χ2n) is 6.07. The summed E-state index contributed by atoms with van der Waals surface area (Å²) in [6, 6.07) is 10.1. The lowest BCUT2D eigenvalue weighted by atomic mass is 10.1. The summed E-state index contributed by atoms with van der Waals surface area (Å²) in [5.74, 6) is -0.489. The summed E-state index contributed by atoms with van der Waals surface area (Å²) in [6.07, 6.45) is 2.56. The number of halogens is 2. The van der Waals surface area contributed by atoms with E-state index < -0.39 is 23.5 Å². The number of ether oxygens (including phenoxy) is 2. The first-order chi connectivity index (χ1) is 13.7. The molecule has 0 fully saturated rings. The summed E-state index contributed by atoms with van der Waals surface area (Å²) in [5, 5.41) is 10.9. The smallest absolute Gasteiger partial charge is 0.387 e. The maximum Gasteiger partial charge on any atom is 0.387 e. The average Bonchev–Trinajstić information content (AvgIpc) is 2.71. The summed E-state index contributed by atoms with van der Waals surface area (Å²) >= 11 is 0. The number of alkyl halides is 2. The van der Waals surface area contributed by atoms with Crippen molar-refractivity contribution in [1.29, 1.82) is 0 Å². The predicted octanol–water partition coefficient (Wildman–Crippen LogP) is 4.44. The number of para-hydroxylation sites is 1. The van der Waals surface area contributed by atoms with Crippen LogP contribution in [0.2, 0.25) is 0 Å². The topological polar surface area (TPSA) is 81.9 Å². The van der Waals surface area contributed by atoms with E-state index in [9.17, 15) is 23.7 Å². The summed E-state index contributed by atoms with van der Waals surface area (Å²) < 4.78 is 34.9. The molecule has 7 nitrogen and oxygen atoms in total. The minimum atomic E-state index is -3.05. The Morgan fingerprint density at radius 1 is 1.24 bits per heavy atom. The van der Waals surface area contributed by atoms with E-state index >= 15 is 0 Å². The number of amides is 1. The molecule has 2 rings (SSSR count). The Morgan fingerprint density at radius 2 is 1.93 bits per heavy atom. The van der Waals surface area contributed by atoms with Gasteiger partial charge in [0.15, 0.2) is 11.5 Å². The summed E-state index contributed by atoms with van der Waals surface area (Å²) in [7, 11) is 2.86. The van der Waals surface area contributed by atoms with E-state index in [1.54, 1.807) is 25.1 Å². The van der Waals surface area contributed by atoms with E-state index in [0.29, 0.717) is 5.56 Å². The Hall–Kier alpha value is -3.49. The molecule has 0 saturated heterocycles. The number of benzene rings is 2. The molecule has 0 aliphatic rings. The van der Waals surface area contributed by atoms with Crippen molar-refractivity contribution in [3.8, 4) is 11.5 Å². The molecule has 0 aromatic heterocycles. The SMILES string of the molecule is COc1cccc(/C=C/C(=O)N(C)[C@@H](C)c2cccc([N+](=O)[O-])c2)c1OC(F)F. The molecule has 0 radical (unpaired) electrons. The molecule has 29 heavy (non-hydrogen) atoms. The lowest BCUT2D eigenvalue weighted by molar-refractivity contribution is -0.384. The number of nitro groups is 1. The largest absolute Gasteiger partial charge is 0.493 e. The Balaban J connectivity index is 2.22. The van der Waals surface area contributed by atoms with Gasteiger partial charge in [0.2, 0.25) is 5.91 Å². The lowest BCUT2D eigenvalue weighted by Crippen LogP contribution is -2.28. The van der Waals surface area contributed by atoms with Crippen LogP contribution in [0.5, 0.6) is 11.5 Å². The zero-order valence-corrected chi connectivity index (χ0v) is 16.0. The molecule has 2 aromatic carbocycles. The van der Waals surface area contributed by atoms with Crippen LogP contribution in [-0.4, -0.2) is 36.5 Å². The number of nitrogens with zero attached hydrogens (tertiary/aromatic N) is 2. The molecule has 0 bridgehead atoms. The molecular weight excluding hydrogens is 386 g/mol. The van der Waals surface area contributed by atoms with Crippen LogP contribution in [0.3, 0.4) is 0 Å². The zero-order valence-electron chi connectivity index (χ0n) is 16.0. The summed E-state index contributed by atoms with van der Waals surface area (Å²) in [6.45, 7) is -1.33. The van der Waals surface area contributed by atoms with Crippen molar-refractivity contribution in [3.63, 3.8) is 0 Å². The van der Waals surface area contributed by atoms with Crippen molar-refractivity contribution in [3.05, 3.63) is 69.8 Å². The molecule has 0 N–H and O–H groups in total. The maximum atomic E-state index is 12.7. The molecule has 154 valence electrons. The highest BCUT2D eigenvalue weighted by atomic mass is 19.3. The Morgan fingerprint density at radius 3 is 2.55 bits per heavy atom. The van der Waals surface area contributed by atoms with Crippen LogP contribution in [0, 0.1) is 10.1 Å². The molecule has 0 spiro atoms. The fourth-order valence-electron chi connectivity index (χ4n) is 2.63. The van der Waals surface area contributed by atoms with Gasteiger partial charge in [-0.15, -0.1) is 0 Å². The lowest BCUT2D eigenvalue weighted by Gasteiger charge is -2.24. The van der Waals surface area contributed by atoms with Gasteiger partial charge in [-0.3, -0.25) is 14.9 Å².